The largest absolute Gasteiger partial charge is 0.467 e. The van der Waals surface area contributed by atoms with E-state index in [1.807, 2.05) is 0 Å². The third-order valence-electron chi connectivity index (χ3n) is 4.69. The number of aliphatic hydroxyl groups excluding tert-OH is 1. The van der Waals surface area contributed by atoms with Crippen LogP contribution in [0.3, 0.4) is 0 Å². The van der Waals surface area contributed by atoms with Crippen LogP contribution in [0.4, 0.5) is 0 Å². The fraction of sp³-hybridized carbons (Fsp3) is 0.318. The number of aliphatic hydroxyl groups is 1. The fourth-order valence-corrected chi connectivity index (χ4v) is 3.12. The molecule has 1 aliphatic heterocycles. The summed E-state index contributed by atoms with van der Waals surface area (Å²) in [5.74, 6) is -2.44. The Morgan fingerprint density at radius 3 is 1.74 bits per heavy atom. The molecule has 1 fully saturated rings. The summed E-state index contributed by atoms with van der Waals surface area (Å²) in [6.45, 7) is 0. The lowest BCUT2D eigenvalue weighted by Crippen LogP contribution is -2.62. The lowest BCUT2D eigenvalue weighted by molar-refractivity contribution is -0.286. The van der Waals surface area contributed by atoms with Crippen molar-refractivity contribution < 1.29 is 43.2 Å². The summed E-state index contributed by atoms with van der Waals surface area (Å²) in [5.41, 5.74) is 0.438. The topological polar surface area (TPSA) is 118 Å². The smallest absolute Gasteiger partial charge is 0.338 e. The van der Waals surface area contributed by atoms with Gasteiger partial charge in [0.2, 0.25) is 0 Å². The van der Waals surface area contributed by atoms with Crippen LogP contribution in [0.1, 0.15) is 20.7 Å². The van der Waals surface area contributed by atoms with E-state index in [1.54, 1.807) is 36.4 Å². The van der Waals surface area contributed by atoms with Crippen molar-refractivity contribution in [3.05, 3.63) is 71.8 Å². The SMILES string of the molecule is COC(=O)[C@H]1O[C@@H](OC)[C@H](OC(=O)c2ccccc2)[C@@H](OC(=O)c2ccccc2)[C@@H]1O. The first-order valence-corrected chi connectivity index (χ1v) is 9.42. The maximum absolute atomic E-state index is 12.6. The highest BCUT2D eigenvalue weighted by atomic mass is 16.7. The van der Waals surface area contributed by atoms with Gasteiger partial charge in [-0.25, -0.2) is 14.4 Å². The van der Waals surface area contributed by atoms with Crippen molar-refractivity contribution in [1.82, 2.24) is 0 Å². The molecule has 31 heavy (non-hydrogen) atoms. The first kappa shape index (κ1) is 22.4. The van der Waals surface area contributed by atoms with Gasteiger partial charge in [-0.2, -0.15) is 0 Å². The Balaban J connectivity index is 1.90. The van der Waals surface area contributed by atoms with E-state index in [-0.39, 0.29) is 11.1 Å². The molecule has 0 amide bonds. The molecule has 0 aliphatic carbocycles. The minimum absolute atomic E-state index is 0.206. The van der Waals surface area contributed by atoms with Gasteiger partial charge in [-0.05, 0) is 24.3 Å². The molecule has 0 radical (unpaired) electrons. The second-order valence-corrected chi connectivity index (χ2v) is 6.65. The van der Waals surface area contributed by atoms with Gasteiger partial charge in [0.25, 0.3) is 0 Å². The van der Waals surface area contributed by atoms with Gasteiger partial charge in [-0.1, -0.05) is 36.4 Å². The number of carbonyl (C=O) groups excluding carboxylic acids is 3. The zero-order chi connectivity index (χ0) is 22.4. The molecule has 0 bridgehead atoms. The lowest BCUT2D eigenvalue weighted by Gasteiger charge is -2.41. The summed E-state index contributed by atoms with van der Waals surface area (Å²) in [4.78, 5) is 37.3. The summed E-state index contributed by atoms with van der Waals surface area (Å²) in [7, 11) is 2.38. The molecule has 0 saturated carbocycles. The zero-order valence-corrected chi connectivity index (χ0v) is 16.9. The van der Waals surface area contributed by atoms with Crippen molar-refractivity contribution in [3.8, 4) is 0 Å². The molecule has 5 atom stereocenters. The van der Waals surface area contributed by atoms with E-state index in [0.717, 1.165) is 7.11 Å². The van der Waals surface area contributed by atoms with Gasteiger partial charge in [-0.15, -0.1) is 0 Å². The Labute approximate surface area is 178 Å². The summed E-state index contributed by atoms with van der Waals surface area (Å²) in [6, 6.07) is 16.1. The first-order chi connectivity index (χ1) is 15.0. The second-order valence-electron chi connectivity index (χ2n) is 6.65. The van der Waals surface area contributed by atoms with Crippen LogP contribution in [0.25, 0.3) is 0 Å². The number of carbonyl (C=O) groups is 3. The Hall–Kier alpha value is -3.27. The molecule has 1 saturated heterocycles. The zero-order valence-electron chi connectivity index (χ0n) is 16.9. The molecule has 9 heteroatoms. The molecular formula is C22H22O9. The number of benzene rings is 2. The monoisotopic (exact) mass is 430 g/mol. The fourth-order valence-electron chi connectivity index (χ4n) is 3.12. The van der Waals surface area contributed by atoms with Crippen molar-refractivity contribution in [1.29, 1.82) is 0 Å². The first-order valence-electron chi connectivity index (χ1n) is 9.42. The standard InChI is InChI=1S/C22H22O9/c1-27-21(26)17-15(23)16(29-19(24)13-9-5-3-6-10-13)18(22(28-2)31-17)30-20(25)14-11-7-4-8-12-14/h3-12,15-18,22-23H,1-2H3/t15-,16-,17-,18+,22+/m0/s1. The van der Waals surface area contributed by atoms with Crippen molar-refractivity contribution in [3.63, 3.8) is 0 Å². The Kier molecular flexibility index (Phi) is 7.35. The van der Waals surface area contributed by atoms with Crippen LogP contribution in [-0.2, 0) is 28.5 Å². The minimum atomic E-state index is -1.68. The second kappa shape index (κ2) is 10.2. The van der Waals surface area contributed by atoms with E-state index < -0.39 is 48.6 Å². The van der Waals surface area contributed by atoms with Gasteiger partial charge in [0.05, 0.1) is 18.2 Å². The van der Waals surface area contributed by atoms with E-state index >= 15 is 0 Å². The van der Waals surface area contributed by atoms with Crippen LogP contribution in [0.5, 0.6) is 0 Å². The molecule has 1 heterocycles. The van der Waals surface area contributed by atoms with E-state index in [1.165, 1.54) is 31.4 Å². The Morgan fingerprint density at radius 2 is 1.29 bits per heavy atom. The van der Waals surface area contributed by atoms with Crippen molar-refractivity contribution in [2.24, 2.45) is 0 Å². The number of rotatable bonds is 6. The van der Waals surface area contributed by atoms with Gasteiger partial charge in [-0.3, -0.25) is 0 Å². The van der Waals surface area contributed by atoms with Crippen LogP contribution in [0.15, 0.2) is 60.7 Å². The van der Waals surface area contributed by atoms with Gasteiger partial charge >= 0.3 is 17.9 Å². The molecule has 3 rings (SSSR count). The van der Waals surface area contributed by atoms with Gasteiger partial charge < -0.3 is 28.8 Å². The highest BCUT2D eigenvalue weighted by molar-refractivity contribution is 5.90. The normalized spacial score (nSPS) is 25.3. The molecule has 0 unspecified atom stereocenters. The Morgan fingerprint density at radius 1 is 0.806 bits per heavy atom. The van der Waals surface area contributed by atoms with Crippen LogP contribution in [0.2, 0.25) is 0 Å². The predicted octanol–water partition coefficient (Wildman–Crippen LogP) is 1.34. The predicted molar refractivity (Wildman–Crippen MR) is 105 cm³/mol. The van der Waals surface area contributed by atoms with Gasteiger partial charge in [0.15, 0.2) is 24.6 Å². The molecule has 1 N–H and O–H groups in total. The van der Waals surface area contributed by atoms with Crippen molar-refractivity contribution in [2.75, 3.05) is 14.2 Å². The molecule has 164 valence electrons. The maximum atomic E-state index is 12.6. The average molecular weight is 430 g/mol. The summed E-state index contributed by atoms with van der Waals surface area (Å²) in [6.07, 6.45) is -7.34. The van der Waals surface area contributed by atoms with Gasteiger partial charge in [0, 0.05) is 7.11 Å². The van der Waals surface area contributed by atoms with Crippen LogP contribution in [0, 0.1) is 0 Å². The van der Waals surface area contributed by atoms with E-state index in [9.17, 15) is 19.5 Å². The number of esters is 3. The molecule has 0 spiro atoms. The molecule has 2 aromatic rings. The summed E-state index contributed by atoms with van der Waals surface area (Å²) >= 11 is 0. The van der Waals surface area contributed by atoms with Crippen molar-refractivity contribution in [2.45, 2.75) is 30.7 Å². The minimum Gasteiger partial charge on any atom is -0.467 e. The Bertz CT molecular complexity index is 900. The molecular weight excluding hydrogens is 408 g/mol. The third kappa shape index (κ3) is 5.08. The van der Waals surface area contributed by atoms with E-state index in [2.05, 4.69) is 4.74 Å². The maximum Gasteiger partial charge on any atom is 0.338 e. The number of methoxy groups -OCH3 is 2. The molecule has 9 nitrogen and oxygen atoms in total. The average Bonchev–Trinajstić information content (AvgIpc) is 2.82. The summed E-state index contributed by atoms with van der Waals surface area (Å²) in [5, 5.41) is 10.7. The lowest BCUT2D eigenvalue weighted by atomic mass is 9.98. The number of hydrogen-bond donors (Lipinski definition) is 1. The third-order valence-corrected chi connectivity index (χ3v) is 4.69. The quantitative estimate of drug-likeness (QED) is 0.535. The van der Waals surface area contributed by atoms with E-state index in [4.69, 9.17) is 18.9 Å². The molecule has 0 aromatic heterocycles. The number of hydrogen-bond acceptors (Lipinski definition) is 9. The highest BCUT2D eigenvalue weighted by Crippen LogP contribution is 2.28. The number of ether oxygens (including phenoxy) is 5. The highest BCUT2D eigenvalue weighted by Gasteiger charge is 2.53. The van der Waals surface area contributed by atoms with Crippen molar-refractivity contribution >= 4 is 17.9 Å². The van der Waals surface area contributed by atoms with Crippen LogP contribution in [-0.4, -0.2) is 67.9 Å². The molecule has 1 aliphatic rings. The summed E-state index contributed by atoms with van der Waals surface area (Å²) < 4.78 is 26.3. The molecule has 2 aromatic carbocycles. The van der Waals surface area contributed by atoms with Crippen LogP contribution < -0.4 is 0 Å². The van der Waals surface area contributed by atoms with E-state index in [0.29, 0.717) is 0 Å². The van der Waals surface area contributed by atoms with Gasteiger partial charge in [0.1, 0.15) is 6.10 Å². The van der Waals surface area contributed by atoms with Crippen LogP contribution >= 0.6 is 0 Å².